The molecule has 1 aromatic heterocycles. The number of nitriles is 1. The molecule has 1 aromatic carbocycles. The molecule has 1 aliphatic carbocycles. The van der Waals surface area contributed by atoms with Gasteiger partial charge in [0, 0.05) is 30.4 Å². The van der Waals surface area contributed by atoms with E-state index in [4.69, 9.17) is 5.26 Å². The number of hydrogen-bond donors (Lipinski definition) is 0. The van der Waals surface area contributed by atoms with Crippen molar-refractivity contribution < 1.29 is 4.79 Å². The lowest BCUT2D eigenvalue weighted by Gasteiger charge is -2.15. The first-order valence-electron chi connectivity index (χ1n) is 6.48. The van der Waals surface area contributed by atoms with Crippen molar-refractivity contribution >= 4 is 5.78 Å². The second-order valence-corrected chi connectivity index (χ2v) is 4.89. The van der Waals surface area contributed by atoms with Crippen LogP contribution in [0.4, 0.5) is 0 Å². The van der Waals surface area contributed by atoms with E-state index in [-0.39, 0.29) is 5.78 Å². The van der Waals surface area contributed by atoms with Crippen LogP contribution in [0.25, 0.3) is 0 Å². The van der Waals surface area contributed by atoms with Crippen LogP contribution < -0.4 is 0 Å². The highest BCUT2D eigenvalue weighted by Gasteiger charge is 2.20. The van der Waals surface area contributed by atoms with Crippen molar-refractivity contribution in [3.8, 4) is 6.07 Å². The van der Waals surface area contributed by atoms with E-state index in [1.54, 1.807) is 0 Å². The Morgan fingerprint density at radius 3 is 2.68 bits per heavy atom. The standard InChI is InChI=1S/C16H14N2O/c17-10-12-4-6-13(7-5-12)11-18-9-8-14-15(18)2-1-3-16(14)19/h4-9H,1-3,11H2. The van der Waals surface area contributed by atoms with Gasteiger partial charge in [0.05, 0.1) is 11.6 Å². The smallest absolute Gasteiger partial charge is 0.164 e. The molecule has 0 radical (unpaired) electrons. The SMILES string of the molecule is N#Cc1ccc(Cn2ccc3c2CCCC3=O)cc1. The van der Waals surface area contributed by atoms with Gasteiger partial charge in [-0.3, -0.25) is 4.79 Å². The summed E-state index contributed by atoms with van der Waals surface area (Å²) in [7, 11) is 0. The summed E-state index contributed by atoms with van der Waals surface area (Å²) in [6.07, 6.45) is 4.59. The fourth-order valence-electron chi connectivity index (χ4n) is 2.62. The van der Waals surface area contributed by atoms with E-state index in [0.29, 0.717) is 12.0 Å². The van der Waals surface area contributed by atoms with E-state index in [1.165, 1.54) is 0 Å². The molecule has 94 valence electrons. The minimum Gasteiger partial charge on any atom is -0.346 e. The average molecular weight is 250 g/mol. The summed E-state index contributed by atoms with van der Waals surface area (Å²) in [5.41, 5.74) is 3.87. The van der Waals surface area contributed by atoms with Gasteiger partial charge in [-0.2, -0.15) is 5.26 Å². The number of benzene rings is 1. The number of nitrogens with zero attached hydrogens (tertiary/aromatic N) is 2. The third kappa shape index (κ3) is 2.17. The zero-order valence-corrected chi connectivity index (χ0v) is 10.6. The topological polar surface area (TPSA) is 45.8 Å². The summed E-state index contributed by atoms with van der Waals surface area (Å²) in [4.78, 5) is 11.8. The highest BCUT2D eigenvalue weighted by atomic mass is 16.1. The van der Waals surface area contributed by atoms with Gasteiger partial charge in [0.2, 0.25) is 0 Å². The van der Waals surface area contributed by atoms with Crippen LogP contribution in [-0.4, -0.2) is 10.4 Å². The Bertz CT molecular complexity index is 659. The highest BCUT2D eigenvalue weighted by Crippen LogP contribution is 2.23. The first-order valence-corrected chi connectivity index (χ1v) is 6.48. The quantitative estimate of drug-likeness (QED) is 0.822. The van der Waals surface area contributed by atoms with Gasteiger partial charge in [-0.1, -0.05) is 12.1 Å². The molecule has 1 heterocycles. The third-order valence-corrected chi connectivity index (χ3v) is 3.63. The molecule has 1 aliphatic rings. The molecule has 3 heteroatoms. The van der Waals surface area contributed by atoms with Crippen molar-refractivity contribution in [2.24, 2.45) is 0 Å². The van der Waals surface area contributed by atoms with Gasteiger partial charge in [0.25, 0.3) is 0 Å². The summed E-state index contributed by atoms with van der Waals surface area (Å²) in [5.74, 6) is 0.264. The van der Waals surface area contributed by atoms with Crippen LogP contribution >= 0.6 is 0 Å². The number of fused-ring (bicyclic) bond motifs is 1. The van der Waals surface area contributed by atoms with Gasteiger partial charge >= 0.3 is 0 Å². The number of carbonyl (C=O) groups is 1. The van der Waals surface area contributed by atoms with Crippen LogP contribution in [0.1, 0.15) is 40.0 Å². The number of rotatable bonds is 2. The zero-order chi connectivity index (χ0) is 13.2. The summed E-state index contributed by atoms with van der Waals surface area (Å²) in [5, 5.41) is 8.78. The van der Waals surface area contributed by atoms with E-state index in [0.717, 1.165) is 36.2 Å². The van der Waals surface area contributed by atoms with Crippen molar-refractivity contribution in [2.45, 2.75) is 25.8 Å². The lowest BCUT2D eigenvalue weighted by atomic mass is 9.97. The molecule has 0 unspecified atom stereocenters. The van der Waals surface area contributed by atoms with Crippen molar-refractivity contribution in [1.82, 2.24) is 4.57 Å². The van der Waals surface area contributed by atoms with Crippen LogP contribution in [0, 0.1) is 11.3 Å². The predicted molar refractivity (Wildman–Crippen MR) is 72.0 cm³/mol. The van der Waals surface area contributed by atoms with Crippen molar-refractivity contribution in [3.05, 3.63) is 58.9 Å². The maximum Gasteiger partial charge on any atom is 0.164 e. The first kappa shape index (κ1) is 11.7. The molecule has 0 atom stereocenters. The van der Waals surface area contributed by atoms with E-state index in [1.807, 2.05) is 36.5 Å². The largest absolute Gasteiger partial charge is 0.346 e. The molecule has 2 aromatic rings. The number of Topliss-reactive ketones (excluding diaryl/α,β-unsaturated/α-hetero) is 1. The van der Waals surface area contributed by atoms with Crippen LogP contribution in [0.3, 0.4) is 0 Å². The molecule has 19 heavy (non-hydrogen) atoms. The van der Waals surface area contributed by atoms with Gasteiger partial charge in [-0.05, 0) is 36.6 Å². The molecule has 0 amide bonds. The minimum absolute atomic E-state index is 0.264. The van der Waals surface area contributed by atoms with Crippen molar-refractivity contribution in [3.63, 3.8) is 0 Å². The molecular formula is C16H14N2O. The van der Waals surface area contributed by atoms with Gasteiger partial charge < -0.3 is 4.57 Å². The third-order valence-electron chi connectivity index (χ3n) is 3.63. The number of carbonyl (C=O) groups excluding carboxylic acids is 1. The molecule has 0 saturated carbocycles. The second kappa shape index (κ2) is 4.74. The molecule has 0 aliphatic heterocycles. The molecular weight excluding hydrogens is 236 g/mol. The van der Waals surface area contributed by atoms with Crippen LogP contribution in [-0.2, 0) is 13.0 Å². The molecule has 3 rings (SSSR count). The molecule has 3 nitrogen and oxygen atoms in total. The predicted octanol–water partition coefficient (Wildman–Crippen LogP) is 2.93. The average Bonchev–Trinajstić information content (AvgIpc) is 2.84. The van der Waals surface area contributed by atoms with E-state index >= 15 is 0 Å². The lowest BCUT2D eigenvalue weighted by Crippen LogP contribution is -2.13. The molecule has 0 spiro atoms. The van der Waals surface area contributed by atoms with E-state index < -0.39 is 0 Å². The van der Waals surface area contributed by atoms with E-state index in [2.05, 4.69) is 10.6 Å². The summed E-state index contributed by atoms with van der Waals surface area (Å²) in [6.45, 7) is 0.758. The van der Waals surface area contributed by atoms with E-state index in [9.17, 15) is 4.79 Å². The minimum atomic E-state index is 0.264. The van der Waals surface area contributed by atoms with Crippen molar-refractivity contribution in [2.75, 3.05) is 0 Å². The Kier molecular flexibility index (Phi) is 2.92. The van der Waals surface area contributed by atoms with Gasteiger partial charge in [-0.25, -0.2) is 0 Å². The molecule has 0 N–H and O–H groups in total. The van der Waals surface area contributed by atoms with Gasteiger partial charge in [0.15, 0.2) is 5.78 Å². The Balaban J connectivity index is 1.87. The maximum absolute atomic E-state index is 11.8. The van der Waals surface area contributed by atoms with Crippen LogP contribution in [0.15, 0.2) is 36.5 Å². The normalized spacial score (nSPS) is 13.9. The lowest BCUT2D eigenvalue weighted by molar-refractivity contribution is 0.0972. The molecule has 0 bridgehead atoms. The zero-order valence-electron chi connectivity index (χ0n) is 10.6. The molecule has 0 saturated heterocycles. The van der Waals surface area contributed by atoms with Gasteiger partial charge in [0.1, 0.15) is 0 Å². The fourth-order valence-corrected chi connectivity index (χ4v) is 2.62. The van der Waals surface area contributed by atoms with Crippen molar-refractivity contribution in [1.29, 1.82) is 5.26 Å². The monoisotopic (exact) mass is 250 g/mol. The van der Waals surface area contributed by atoms with Gasteiger partial charge in [-0.15, -0.1) is 0 Å². The Hall–Kier alpha value is -2.34. The number of ketones is 1. The summed E-state index contributed by atoms with van der Waals surface area (Å²) >= 11 is 0. The fraction of sp³-hybridized carbons (Fsp3) is 0.250. The highest BCUT2D eigenvalue weighted by molar-refractivity contribution is 5.98. The number of aromatic nitrogens is 1. The van der Waals surface area contributed by atoms with Crippen LogP contribution in [0.2, 0.25) is 0 Å². The Morgan fingerprint density at radius 1 is 1.16 bits per heavy atom. The van der Waals surface area contributed by atoms with Crippen LogP contribution in [0.5, 0.6) is 0 Å². The Morgan fingerprint density at radius 2 is 1.95 bits per heavy atom. The summed E-state index contributed by atoms with van der Waals surface area (Å²) in [6, 6.07) is 11.6. The number of hydrogen-bond acceptors (Lipinski definition) is 2. The first-order chi connectivity index (χ1) is 9.28. The molecule has 0 fully saturated rings. The summed E-state index contributed by atoms with van der Waals surface area (Å²) < 4.78 is 2.15. The Labute approximate surface area is 112 Å². The maximum atomic E-state index is 11.8. The second-order valence-electron chi connectivity index (χ2n) is 4.89.